The lowest BCUT2D eigenvalue weighted by atomic mass is 10.1. The van der Waals surface area contributed by atoms with Gasteiger partial charge in [0.1, 0.15) is 5.82 Å². The first-order valence-corrected chi connectivity index (χ1v) is 8.29. The molecule has 1 N–H and O–H groups in total. The molecule has 1 aromatic carbocycles. The molecule has 1 amide bonds. The molecule has 3 nitrogen and oxygen atoms in total. The van der Waals surface area contributed by atoms with Gasteiger partial charge >= 0.3 is 0 Å². The third-order valence-corrected chi connectivity index (χ3v) is 5.23. The fourth-order valence-corrected chi connectivity index (χ4v) is 3.57. The number of halogens is 1. The highest BCUT2D eigenvalue weighted by Gasteiger charge is 2.25. The van der Waals surface area contributed by atoms with E-state index in [1.54, 1.807) is 30.4 Å². The zero-order valence-corrected chi connectivity index (χ0v) is 13.5. The molecule has 1 unspecified atom stereocenters. The van der Waals surface area contributed by atoms with Gasteiger partial charge in [0.15, 0.2) is 0 Å². The Morgan fingerprint density at radius 2 is 2.23 bits per heavy atom. The van der Waals surface area contributed by atoms with Crippen molar-refractivity contribution < 1.29 is 9.18 Å². The number of fused-ring (bicyclic) bond motifs is 1. The minimum Gasteiger partial charge on any atom is -0.325 e. The Labute approximate surface area is 133 Å². The van der Waals surface area contributed by atoms with E-state index in [0.29, 0.717) is 11.3 Å². The molecule has 0 fully saturated rings. The Morgan fingerprint density at radius 1 is 1.41 bits per heavy atom. The summed E-state index contributed by atoms with van der Waals surface area (Å²) in [6, 6.07) is 6.67. The summed E-state index contributed by atoms with van der Waals surface area (Å²) in [5.41, 5.74) is 2.40. The molecule has 0 saturated heterocycles. The summed E-state index contributed by atoms with van der Waals surface area (Å²) < 4.78 is 13.6. The summed E-state index contributed by atoms with van der Waals surface area (Å²) in [7, 11) is 0. The average molecular weight is 318 g/mol. The molecule has 3 rings (SSSR count). The van der Waals surface area contributed by atoms with E-state index in [0.717, 1.165) is 19.5 Å². The topological polar surface area (TPSA) is 32.3 Å². The van der Waals surface area contributed by atoms with Crippen LogP contribution in [0.2, 0.25) is 0 Å². The quantitative estimate of drug-likeness (QED) is 0.938. The Balaban J connectivity index is 1.66. The van der Waals surface area contributed by atoms with Crippen LogP contribution in [0.25, 0.3) is 0 Å². The molecule has 0 bridgehead atoms. The monoisotopic (exact) mass is 318 g/mol. The van der Waals surface area contributed by atoms with Crippen molar-refractivity contribution in [1.29, 1.82) is 0 Å². The minimum absolute atomic E-state index is 0.0954. The lowest BCUT2D eigenvalue weighted by Crippen LogP contribution is -2.44. The van der Waals surface area contributed by atoms with E-state index in [1.165, 1.54) is 16.5 Å². The van der Waals surface area contributed by atoms with Crippen LogP contribution in [-0.4, -0.2) is 23.4 Å². The number of anilines is 1. The van der Waals surface area contributed by atoms with Crippen molar-refractivity contribution in [3.8, 4) is 0 Å². The van der Waals surface area contributed by atoms with Crippen LogP contribution in [0.3, 0.4) is 0 Å². The zero-order valence-electron chi connectivity index (χ0n) is 12.7. The van der Waals surface area contributed by atoms with Crippen molar-refractivity contribution in [2.45, 2.75) is 32.9 Å². The van der Waals surface area contributed by atoms with Crippen LogP contribution < -0.4 is 5.32 Å². The predicted molar refractivity (Wildman–Crippen MR) is 87.7 cm³/mol. The molecule has 1 aliphatic rings. The van der Waals surface area contributed by atoms with Gasteiger partial charge in [-0.15, -0.1) is 11.3 Å². The van der Waals surface area contributed by atoms with Crippen molar-refractivity contribution in [3.63, 3.8) is 0 Å². The highest BCUT2D eigenvalue weighted by Crippen LogP contribution is 2.25. The summed E-state index contributed by atoms with van der Waals surface area (Å²) >= 11 is 1.78. The van der Waals surface area contributed by atoms with E-state index >= 15 is 0 Å². The van der Waals surface area contributed by atoms with Gasteiger partial charge < -0.3 is 5.32 Å². The summed E-state index contributed by atoms with van der Waals surface area (Å²) in [5.74, 6) is -0.395. The van der Waals surface area contributed by atoms with Gasteiger partial charge in [0.2, 0.25) is 5.91 Å². The molecule has 0 radical (unpaired) electrons. The van der Waals surface area contributed by atoms with E-state index < -0.39 is 0 Å². The number of carbonyl (C=O) groups is 1. The van der Waals surface area contributed by atoms with E-state index in [-0.39, 0.29) is 17.8 Å². The van der Waals surface area contributed by atoms with Gasteiger partial charge in [-0.1, -0.05) is 6.07 Å². The average Bonchev–Trinajstić information content (AvgIpc) is 2.97. The number of rotatable bonds is 3. The fraction of sp³-hybridized carbons (Fsp3) is 0.353. The number of hydrogen-bond acceptors (Lipinski definition) is 3. The molecule has 2 heterocycles. The molecule has 0 spiro atoms. The van der Waals surface area contributed by atoms with E-state index in [4.69, 9.17) is 0 Å². The second-order valence-corrected chi connectivity index (χ2v) is 6.72. The van der Waals surface area contributed by atoms with E-state index in [2.05, 4.69) is 21.7 Å². The number of hydrogen-bond donors (Lipinski definition) is 1. The van der Waals surface area contributed by atoms with Crippen LogP contribution in [0.15, 0.2) is 29.6 Å². The molecule has 0 saturated carbocycles. The number of nitrogens with zero attached hydrogens (tertiary/aromatic N) is 1. The molecule has 1 aromatic heterocycles. The zero-order chi connectivity index (χ0) is 15.7. The third kappa shape index (κ3) is 3.05. The summed E-state index contributed by atoms with van der Waals surface area (Å²) in [6.45, 7) is 5.28. The second-order valence-electron chi connectivity index (χ2n) is 5.72. The first-order chi connectivity index (χ1) is 10.5. The number of thiophene rings is 1. The highest BCUT2D eigenvalue weighted by molar-refractivity contribution is 7.10. The summed E-state index contributed by atoms with van der Waals surface area (Å²) in [4.78, 5) is 16.0. The van der Waals surface area contributed by atoms with Gasteiger partial charge in [0, 0.05) is 23.7 Å². The van der Waals surface area contributed by atoms with Crippen molar-refractivity contribution in [3.05, 3.63) is 51.5 Å². The maximum absolute atomic E-state index is 13.6. The predicted octanol–water partition coefficient (Wildman–Crippen LogP) is 3.58. The van der Waals surface area contributed by atoms with Gasteiger partial charge in [-0.05, 0) is 55.0 Å². The molecular weight excluding hydrogens is 299 g/mol. The SMILES string of the molecule is Cc1ccc(NC(=O)C(C)N2CCc3sccc3C2)cc1F. The lowest BCUT2D eigenvalue weighted by molar-refractivity contribution is -0.121. The Kier molecular flexibility index (Phi) is 4.27. The van der Waals surface area contributed by atoms with E-state index in [9.17, 15) is 9.18 Å². The van der Waals surface area contributed by atoms with Crippen LogP contribution in [0.4, 0.5) is 10.1 Å². The van der Waals surface area contributed by atoms with Crippen LogP contribution >= 0.6 is 11.3 Å². The van der Waals surface area contributed by atoms with Gasteiger partial charge in [0.05, 0.1) is 6.04 Å². The highest BCUT2D eigenvalue weighted by atomic mass is 32.1. The van der Waals surface area contributed by atoms with Crippen molar-refractivity contribution >= 4 is 22.9 Å². The van der Waals surface area contributed by atoms with Crippen molar-refractivity contribution in [1.82, 2.24) is 4.90 Å². The largest absolute Gasteiger partial charge is 0.325 e. The first kappa shape index (κ1) is 15.2. The van der Waals surface area contributed by atoms with Crippen LogP contribution in [0.1, 0.15) is 22.9 Å². The summed E-state index contributed by atoms with van der Waals surface area (Å²) in [6.07, 6.45) is 0.990. The molecular formula is C17H19FN2OS. The molecule has 0 aliphatic carbocycles. The van der Waals surface area contributed by atoms with Gasteiger partial charge in [0.25, 0.3) is 0 Å². The Hall–Kier alpha value is -1.72. The third-order valence-electron chi connectivity index (χ3n) is 4.20. The van der Waals surface area contributed by atoms with E-state index in [1.807, 2.05) is 6.92 Å². The summed E-state index contributed by atoms with van der Waals surface area (Å²) in [5, 5.41) is 4.91. The Bertz CT molecular complexity index is 698. The van der Waals surface area contributed by atoms with Gasteiger partial charge in [-0.25, -0.2) is 4.39 Å². The minimum atomic E-state index is -0.300. The normalized spacial score (nSPS) is 16.1. The molecule has 2 aromatic rings. The van der Waals surface area contributed by atoms with Crippen LogP contribution in [0, 0.1) is 12.7 Å². The van der Waals surface area contributed by atoms with Crippen LogP contribution in [0.5, 0.6) is 0 Å². The van der Waals surface area contributed by atoms with Gasteiger partial charge in [-0.3, -0.25) is 9.69 Å². The maximum atomic E-state index is 13.6. The standard InChI is InChI=1S/C17H19FN2OS/c1-11-3-4-14(9-15(11)18)19-17(21)12(2)20-7-5-16-13(10-20)6-8-22-16/h3-4,6,8-9,12H,5,7,10H2,1-2H3,(H,19,21). The second kappa shape index (κ2) is 6.18. The number of nitrogens with one attached hydrogen (secondary N) is 1. The molecule has 1 aliphatic heterocycles. The van der Waals surface area contributed by atoms with Crippen LogP contribution in [-0.2, 0) is 17.8 Å². The maximum Gasteiger partial charge on any atom is 0.241 e. The fourth-order valence-electron chi connectivity index (χ4n) is 2.68. The smallest absolute Gasteiger partial charge is 0.241 e. The lowest BCUT2D eigenvalue weighted by Gasteiger charge is -2.31. The number of aryl methyl sites for hydroxylation is 1. The number of amides is 1. The number of carbonyl (C=O) groups excluding carboxylic acids is 1. The molecule has 1 atom stereocenters. The van der Waals surface area contributed by atoms with Crippen molar-refractivity contribution in [2.24, 2.45) is 0 Å². The molecule has 5 heteroatoms. The first-order valence-electron chi connectivity index (χ1n) is 7.41. The number of benzene rings is 1. The molecule has 116 valence electrons. The Morgan fingerprint density at radius 3 is 3.00 bits per heavy atom. The molecule has 22 heavy (non-hydrogen) atoms. The van der Waals surface area contributed by atoms with Gasteiger partial charge in [-0.2, -0.15) is 0 Å². The van der Waals surface area contributed by atoms with Crippen molar-refractivity contribution in [2.75, 3.05) is 11.9 Å².